The fraction of sp³-hybridized carbons (Fsp3) is 0.194. The predicted octanol–water partition coefficient (Wildman–Crippen LogP) is 6.96. The van der Waals surface area contributed by atoms with Crippen molar-refractivity contribution in [3.05, 3.63) is 130 Å². The number of hydrogen-bond acceptors (Lipinski definition) is 8. The molecule has 0 bridgehead atoms. The van der Waals surface area contributed by atoms with Crippen molar-refractivity contribution in [2.45, 2.75) is 26.5 Å². The number of nitrogens with zero attached hydrogens (tertiary/aromatic N) is 2. The number of allylic oxidation sites excluding steroid dienone is 1. The standard InChI is InChI=1S/C36H30BrClN2O6S/c1-5-45-35(42)32-20(2)39-36-40(33(32)26-17-29(43-3)30(44-4)18-27(26)37)34(41)31(47-36)16-23-15-24(38)13-14-28(23)46-19-22-11-8-10-21-9-6-7-12-25(21)22/h6-18,33H,5,19H2,1-4H3/b31-16-/t33-/m0/s1. The number of halogens is 2. The van der Waals surface area contributed by atoms with Crippen molar-refractivity contribution in [1.82, 2.24) is 4.57 Å². The summed E-state index contributed by atoms with van der Waals surface area (Å²) in [5.74, 6) is 0.938. The summed E-state index contributed by atoms with van der Waals surface area (Å²) in [6.07, 6.45) is 1.75. The number of ether oxygens (including phenoxy) is 4. The minimum atomic E-state index is -0.858. The van der Waals surface area contributed by atoms with E-state index in [9.17, 15) is 9.59 Å². The summed E-state index contributed by atoms with van der Waals surface area (Å²) in [7, 11) is 3.07. The third-order valence-corrected chi connectivity index (χ3v) is 9.74. The van der Waals surface area contributed by atoms with Crippen molar-refractivity contribution < 1.29 is 23.7 Å². The van der Waals surface area contributed by atoms with Gasteiger partial charge in [0.25, 0.3) is 5.56 Å². The fourth-order valence-electron chi connectivity index (χ4n) is 5.64. The van der Waals surface area contributed by atoms with Crippen LogP contribution in [0.25, 0.3) is 16.8 Å². The molecule has 0 spiro atoms. The van der Waals surface area contributed by atoms with Gasteiger partial charge in [-0.1, -0.05) is 81.3 Å². The lowest BCUT2D eigenvalue weighted by molar-refractivity contribution is -0.139. The van der Waals surface area contributed by atoms with Gasteiger partial charge in [-0.2, -0.15) is 0 Å². The van der Waals surface area contributed by atoms with Crippen molar-refractivity contribution >= 4 is 61.7 Å². The van der Waals surface area contributed by atoms with Crippen molar-refractivity contribution in [3.63, 3.8) is 0 Å². The first-order valence-electron chi connectivity index (χ1n) is 14.7. The molecule has 0 fully saturated rings. The minimum absolute atomic E-state index is 0.163. The SMILES string of the molecule is CCOC(=O)C1=C(C)N=c2s/c(=C\c3cc(Cl)ccc3OCc3cccc4ccccc34)c(=O)n2[C@H]1c1cc(OC)c(OC)cc1Br. The number of carbonyl (C=O) groups is 1. The zero-order valence-corrected chi connectivity index (χ0v) is 29.2. The molecule has 8 nitrogen and oxygen atoms in total. The van der Waals surface area contributed by atoms with Crippen LogP contribution in [-0.2, 0) is 16.1 Å². The molecule has 1 aromatic heterocycles. The summed E-state index contributed by atoms with van der Waals surface area (Å²) in [6, 6.07) is 22.2. The van der Waals surface area contributed by atoms with Gasteiger partial charge in [0, 0.05) is 15.1 Å². The number of esters is 1. The maximum Gasteiger partial charge on any atom is 0.338 e. The Morgan fingerprint density at radius 1 is 1.02 bits per heavy atom. The molecule has 11 heteroatoms. The van der Waals surface area contributed by atoms with E-state index in [0.717, 1.165) is 16.3 Å². The van der Waals surface area contributed by atoms with Crippen molar-refractivity contribution in [1.29, 1.82) is 0 Å². The Balaban J connectivity index is 1.48. The lowest BCUT2D eigenvalue weighted by Gasteiger charge is -2.26. The second kappa shape index (κ2) is 13.8. The molecular formula is C36H30BrClN2O6S. The molecule has 240 valence electrons. The third kappa shape index (κ3) is 6.33. The first kappa shape index (κ1) is 32.6. The van der Waals surface area contributed by atoms with Gasteiger partial charge in [0.1, 0.15) is 12.4 Å². The molecule has 5 aromatic rings. The lowest BCUT2D eigenvalue weighted by atomic mass is 9.95. The topological polar surface area (TPSA) is 88.4 Å². The van der Waals surface area contributed by atoms with Gasteiger partial charge in [-0.3, -0.25) is 9.36 Å². The Labute approximate surface area is 288 Å². The number of fused-ring (bicyclic) bond motifs is 2. The molecule has 1 atom stereocenters. The molecule has 0 saturated heterocycles. The van der Waals surface area contributed by atoms with E-state index in [-0.39, 0.29) is 17.7 Å². The summed E-state index contributed by atoms with van der Waals surface area (Å²) in [4.78, 5) is 32.8. The molecule has 0 amide bonds. The van der Waals surface area contributed by atoms with E-state index >= 15 is 0 Å². The number of thiazole rings is 1. The zero-order valence-electron chi connectivity index (χ0n) is 26.0. The highest BCUT2D eigenvalue weighted by Crippen LogP contribution is 2.41. The van der Waals surface area contributed by atoms with Crippen LogP contribution < -0.4 is 29.1 Å². The number of methoxy groups -OCH3 is 2. The van der Waals surface area contributed by atoms with Crippen LogP contribution in [0.2, 0.25) is 5.02 Å². The van der Waals surface area contributed by atoms with Crippen molar-refractivity contribution in [2.75, 3.05) is 20.8 Å². The van der Waals surface area contributed by atoms with E-state index in [4.69, 9.17) is 35.5 Å². The van der Waals surface area contributed by atoms with Gasteiger partial charge in [-0.05, 0) is 72.2 Å². The summed E-state index contributed by atoms with van der Waals surface area (Å²) < 4.78 is 25.3. The number of benzene rings is 4. The van der Waals surface area contributed by atoms with Crippen LogP contribution in [-0.4, -0.2) is 31.4 Å². The van der Waals surface area contributed by atoms with Gasteiger partial charge in [0.2, 0.25) is 0 Å². The van der Waals surface area contributed by atoms with Crippen LogP contribution >= 0.6 is 38.9 Å². The van der Waals surface area contributed by atoms with Gasteiger partial charge in [-0.25, -0.2) is 9.79 Å². The maximum absolute atomic E-state index is 14.3. The Bertz CT molecular complexity index is 2240. The molecular weight excluding hydrogens is 704 g/mol. The second-order valence-electron chi connectivity index (χ2n) is 10.6. The summed E-state index contributed by atoms with van der Waals surface area (Å²) in [5.41, 5.74) is 2.63. The molecule has 0 saturated carbocycles. The maximum atomic E-state index is 14.3. The van der Waals surface area contributed by atoms with Crippen molar-refractivity contribution in [2.24, 2.45) is 4.99 Å². The first-order valence-corrected chi connectivity index (χ1v) is 16.7. The quantitative estimate of drug-likeness (QED) is 0.152. The summed E-state index contributed by atoms with van der Waals surface area (Å²) in [6.45, 7) is 3.95. The highest BCUT2D eigenvalue weighted by Gasteiger charge is 2.35. The fourth-order valence-corrected chi connectivity index (χ4v) is 7.40. The van der Waals surface area contributed by atoms with Crippen LogP contribution in [0.4, 0.5) is 0 Å². The summed E-state index contributed by atoms with van der Waals surface area (Å²) >= 11 is 11.3. The normalized spacial score (nSPS) is 14.5. The van der Waals surface area contributed by atoms with Crippen LogP contribution in [0.15, 0.2) is 98.3 Å². The van der Waals surface area contributed by atoms with E-state index in [1.54, 1.807) is 50.3 Å². The monoisotopic (exact) mass is 732 g/mol. The lowest BCUT2D eigenvalue weighted by Crippen LogP contribution is -2.40. The third-order valence-electron chi connectivity index (χ3n) is 7.84. The molecule has 1 aliphatic rings. The van der Waals surface area contributed by atoms with Crippen LogP contribution in [0.1, 0.15) is 36.6 Å². The molecule has 4 aromatic carbocycles. The van der Waals surface area contributed by atoms with Crippen molar-refractivity contribution in [3.8, 4) is 17.2 Å². The molecule has 0 unspecified atom stereocenters. The highest BCUT2D eigenvalue weighted by molar-refractivity contribution is 9.10. The highest BCUT2D eigenvalue weighted by atomic mass is 79.9. The van der Waals surface area contributed by atoms with Gasteiger partial charge in [0.05, 0.1) is 42.7 Å². The molecule has 6 rings (SSSR count). The second-order valence-corrected chi connectivity index (χ2v) is 12.9. The summed E-state index contributed by atoms with van der Waals surface area (Å²) in [5, 5.41) is 2.72. The smallest absolute Gasteiger partial charge is 0.338 e. The van der Waals surface area contributed by atoms with E-state index in [2.05, 4.69) is 34.1 Å². The average molecular weight is 734 g/mol. The molecule has 1 aliphatic heterocycles. The molecule has 0 aliphatic carbocycles. The van der Waals surface area contributed by atoms with Gasteiger partial charge in [0.15, 0.2) is 16.3 Å². The number of carbonyl (C=O) groups excluding carboxylic acids is 1. The largest absolute Gasteiger partial charge is 0.493 e. The molecule has 2 heterocycles. The zero-order chi connectivity index (χ0) is 33.2. The van der Waals surface area contributed by atoms with Gasteiger partial charge < -0.3 is 18.9 Å². The number of aromatic nitrogens is 1. The molecule has 47 heavy (non-hydrogen) atoms. The number of rotatable bonds is 9. The van der Waals surface area contributed by atoms with Crippen LogP contribution in [0, 0.1) is 0 Å². The predicted molar refractivity (Wildman–Crippen MR) is 187 cm³/mol. The molecule has 0 N–H and O–H groups in total. The van der Waals surface area contributed by atoms with E-state index < -0.39 is 12.0 Å². The number of hydrogen-bond donors (Lipinski definition) is 0. The van der Waals surface area contributed by atoms with E-state index in [1.165, 1.54) is 30.1 Å². The average Bonchev–Trinajstić information content (AvgIpc) is 3.37. The van der Waals surface area contributed by atoms with Gasteiger partial charge in [-0.15, -0.1) is 0 Å². The van der Waals surface area contributed by atoms with Crippen LogP contribution in [0.3, 0.4) is 0 Å². The molecule has 0 radical (unpaired) electrons. The van der Waals surface area contributed by atoms with Crippen LogP contribution in [0.5, 0.6) is 17.2 Å². The minimum Gasteiger partial charge on any atom is -0.493 e. The van der Waals surface area contributed by atoms with E-state index in [1.807, 2.05) is 24.3 Å². The first-order chi connectivity index (χ1) is 22.7. The van der Waals surface area contributed by atoms with E-state index in [0.29, 0.717) is 59.5 Å². The van der Waals surface area contributed by atoms with Gasteiger partial charge >= 0.3 is 5.97 Å². The Kier molecular flexibility index (Phi) is 9.54. The Morgan fingerprint density at radius 2 is 1.77 bits per heavy atom. The Hall–Kier alpha value is -4.38. The Morgan fingerprint density at radius 3 is 2.53 bits per heavy atom.